The lowest BCUT2D eigenvalue weighted by Gasteiger charge is -2.18. The van der Waals surface area contributed by atoms with E-state index in [-0.39, 0.29) is 42.2 Å². The molecular formula is C14H18ClN3O5. The summed E-state index contributed by atoms with van der Waals surface area (Å²) in [6, 6.07) is 4.97. The number of likely N-dealkylation sites (N-methyl/N-ethyl adjacent to an activating group) is 1. The van der Waals surface area contributed by atoms with Crippen molar-refractivity contribution >= 4 is 30.0 Å². The topological polar surface area (TPSA) is 102 Å². The van der Waals surface area contributed by atoms with E-state index in [0.29, 0.717) is 0 Å². The summed E-state index contributed by atoms with van der Waals surface area (Å²) >= 11 is 0. The minimum atomic E-state index is -0.680. The zero-order valence-corrected chi connectivity index (χ0v) is 13.4. The van der Waals surface area contributed by atoms with Gasteiger partial charge in [0, 0.05) is 19.2 Å². The number of non-ortho nitro benzene ring substituents is 1. The van der Waals surface area contributed by atoms with Gasteiger partial charge in [0.1, 0.15) is 5.75 Å². The Morgan fingerprint density at radius 3 is 2.57 bits per heavy atom. The highest BCUT2D eigenvalue weighted by atomic mass is 35.5. The number of nitro groups is 1. The van der Waals surface area contributed by atoms with E-state index in [2.05, 4.69) is 5.32 Å². The molecule has 1 heterocycles. The molecule has 9 heteroatoms. The van der Waals surface area contributed by atoms with Crippen molar-refractivity contribution in [3.05, 3.63) is 34.4 Å². The van der Waals surface area contributed by atoms with E-state index in [4.69, 9.17) is 4.74 Å². The van der Waals surface area contributed by atoms with Gasteiger partial charge in [-0.25, -0.2) is 4.79 Å². The molecule has 126 valence electrons. The SMILES string of the molecule is CN(CC(=O)[C@H]1CCCN1)C(=O)Oc1ccc([N+](=O)[O-])cc1.Cl. The molecule has 0 unspecified atom stereocenters. The first-order valence-corrected chi connectivity index (χ1v) is 6.91. The van der Waals surface area contributed by atoms with Crippen LogP contribution >= 0.6 is 12.4 Å². The standard InChI is InChI=1S/C14H17N3O5.ClH/c1-16(9-13(18)12-3-2-8-15-12)14(19)22-11-6-4-10(5-7-11)17(20)21;/h4-7,12,15H,2-3,8-9H2,1H3;1H/t12-;/m1./s1. The molecule has 1 aromatic carbocycles. The van der Waals surface area contributed by atoms with Crippen molar-refractivity contribution in [1.29, 1.82) is 0 Å². The molecule has 0 aromatic heterocycles. The monoisotopic (exact) mass is 343 g/mol. The molecule has 1 saturated heterocycles. The van der Waals surface area contributed by atoms with Gasteiger partial charge in [0.05, 0.1) is 17.5 Å². The van der Waals surface area contributed by atoms with Gasteiger partial charge in [-0.2, -0.15) is 0 Å². The summed E-state index contributed by atoms with van der Waals surface area (Å²) in [5, 5.41) is 13.6. The number of ketones is 1. The van der Waals surface area contributed by atoms with Crippen molar-refractivity contribution in [1.82, 2.24) is 10.2 Å². The second kappa shape index (κ2) is 8.44. The number of amides is 1. The third-order valence-electron chi connectivity index (χ3n) is 3.41. The minimum absolute atomic E-state index is 0. The van der Waals surface area contributed by atoms with E-state index in [1.165, 1.54) is 36.2 Å². The first kappa shape index (κ1) is 18.9. The van der Waals surface area contributed by atoms with Crippen molar-refractivity contribution in [2.24, 2.45) is 0 Å². The lowest BCUT2D eigenvalue weighted by atomic mass is 10.1. The predicted molar refractivity (Wildman–Crippen MR) is 85.0 cm³/mol. The Morgan fingerprint density at radius 2 is 2.04 bits per heavy atom. The van der Waals surface area contributed by atoms with Gasteiger partial charge in [-0.3, -0.25) is 14.9 Å². The Morgan fingerprint density at radius 1 is 1.39 bits per heavy atom. The van der Waals surface area contributed by atoms with Crippen LogP contribution in [0.5, 0.6) is 5.75 Å². The van der Waals surface area contributed by atoms with Crippen LogP contribution in [0.25, 0.3) is 0 Å². The molecule has 1 aliphatic rings. The largest absolute Gasteiger partial charge is 0.415 e. The number of nitro benzene ring substituents is 1. The summed E-state index contributed by atoms with van der Waals surface area (Å²) in [7, 11) is 1.47. The summed E-state index contributed by atoms with van der Waals surface area (Å²) in [6.45, 7) is 0.775. The van der Waals surface area contributed by atoms with E-state index < -0.39 is 11.0 Å². The lowest BCUT2D eigenvalue weighted by Crippen LogP contribution is -2.41. The third kappa shape index (κ3) is 5.19. The van der Waals surface area contributed by atoms with Crippen LogP contribution in [-0.2, 0) is 4.79 Å². The van der Waals surface area contributed by atoms with Gasteiger partial charge in [0.15, 0.2) is 5.78 Å². The summed E-state index contributed by atoms with van der Waals surface area (Å²) in [4.78, 5) is 35.0. The number of nitrogens with one attached hydrogen (secondary N) is 1. The van der Waals surface area contributed by atoms with Crippen molar-refractivity contribution < 1.29 is 19.2 Å². The van der Waals surface area contributed by atoms with Crippen molar-refractivity contribution in [2.45, 2.75) is 18.9 Å². The zero-order valence-electron chi connectivity index (χ0n) is 12.6. The fraction of sp³-hybridized carbons (Fsp3) is 0.429. The maximum Gasteiger partial charge on any atom is 0.415 e. The minimum Gasteiger partial charge on any atom is -0.410 e. The smallest absolute Gasteiger partial charge is 0.410 e. The van der Waals surface area contributed by atoms with Gasteiger partial charge in [-0.1, -0.05) is 0 Å². The second-order valence-electron chi connectivity index (χ2n) is 5.09. The van der Waals surface area contributed by atoms with Gasteiger partial charge < -0.3 is 15.0 Å². The molecular weight excluding hydrogens is 326 g/mol. The first-order chi connectivity index (χ1) is 10.5. The van der Waals surface area contributed by atoms with Crippen LogP contribution in [0.1, 0.15) is 12.8 Å². The third-order valence-corrected chi connectivity index (χ3v) is 3.41. The van der Waals surface area contributed by atoms with Crippen LogP contribution in [0.3, 0.4) is 0 Å². The number of carbonyl (C=O) groups excluding carboxylic acids is 2. The van der Waals surface area contributed by atoms with E-state index in [9.17, 15) is 19.7 Å². The number of nitrogens with zero attached hydrogens (tertiary/aromatic N) is 2. The number of benzene rings is 1. The molecule has 0 saturated carbocycles. The molecule has 0 spiro atoms. The lowest BCUT2D eigenvalue weighted by molar-refractivity contribution is -0.384. The summed E-state index contributed by atoms with van der Waals surface area (Å²) in [5.74, 6) is 0.134. The molecule has 8 nitrogen and oxygen atoms in total. The van der Waals surface area contributed by atoms with E-state index in [0.717, 1.165) is 19.4 Å². The molecule has 0 aliphatic carbocycles. The quantitative estimate of drug-likeness (QED) is 0.645. The zero-order chi connectivity index (χ0) is 16.1. The molecule has 1 fully saturated rings. The number of rotatable bonds is 5. The van der Waals surface area contributed by atoms with Crippen LogP contribution in [0.4, 0.5) is 10.5 Å². The number of hydrogen-bond acceptors (Lipinski definition) is 6. The fourth-order valence-electron chi connectivity index (χ4n) is 2.18. The van der Waals surface area contributed by atoms with Gasteiger partial charge in [0.2, 0.25) is 0 Å². The van der Waals surface area contributed by atoms with E-state index in [1.54, 1.807) is 0 Å². The molecule has 1 amide bonds. The molecule has 0 radical (unpaired) electrons. The van der Waals surface area contributed by atoms with Crippen LogP contribution in [0.2, 0.25) is 0 Å². The molecule has 0 bridgehead atoms. The second-order valence-corrected chi connectivity index (χ2v) is 5.09. The van der Waals surface area contributed by atoms with E-state index in [1.807, 2.05) is 0 Å². The highest BCUT2D eigenvalue weighted by Gasteiger charge is 2.24. The van der Waals surface area contributed by atoms with Crippen LogP contribution in [-0.4, -0.2) is 47.9 Å². The fourth-order valence-corrected chi connectivity index (χ4v) is 2.18. The van der Waals surface area contributed by atoms with E-state index >= 15 is 0 Å². The molecule has 2 rings (SSSR count). The Kier molecular flexibility index (Phi) is 6.92. The van der Waals surface area contributed by atoms with Crippen LogP contribution in [0.15, 0.2) is 24.3 Å². The number of Topliss-reactive ketones (excluding diaryl/α,β-unsaturated/α-hetero) is 1. The van der Waals surface area contributed by atoms with Crippen LogP contribution in [0, 0.1) is 10.1 Å². The maximum atomic E-state index is 11.9. The van der Waals surface area contributed by atoms with Gasteiger partial charge >= 0.3 is 6.09 Å². The van der Waals surface area contributed by atoms with Crippen molar-refractivity contribution in [2.75, 3.05) is 20.1 Å². The molecule has 1 aromatic rings. The number of ether oxygens (including phenoxy) is 1. The Hall–Kier alpha value is -2.19. The molecule has 1 atom stereocenters. The van der Waals surface area contributed by atoms with Gasteiger partial charge in [-0.15, -0.1) is 12.4 Å². The number of carbonyl (C=O) groups is 2. The molecule has 23 heavy (non-hydrogen) atoms. The average Bonchev–Trinajstić information content (AvgIpc) is 3.02. The van der Waals surface area contributed by atoms with Crippen molar-refractivity contribution in [3.63, 3.8) is 0 Å². The Bertz CT molecular complexity index is 572. The highest BCUT2D eigenvalue weighted by Crippen LogP contribution is 2.18. The summed E-state index contributed by atoms with van der Waals surface area (Å²) in [5.41, 5.74) is -0.0874. The summed E-state index contributed by atoms with van der Waals surface area (Å²) in [6.07, 6.45) is 1.05. The number of hydrogen-bond donors (Lipinski definition) is 1. The number of halogens is 1. The molecule has 1 N–H and O–H groups in total. The Labute approximate surface area is 139 Å². The molecule has 1 aliphatic heterocycles. The maximum absolute atomic E-state index is 11.9. The van der Waals surface area contributed by atoms with Crippen LogP contribution < -0.4 is 10.1 Å². The van der Waals surface area contributed by atoms with Crippen molar-refractivity contribution in [3.8, 4) is 5.75 Å². The van der Waals surface area contributed by atoms with Gasteiger partial charge in [-0.05, 0) is 31.5 Å². The highest BCUT2D eigenvalue weighted by molar-refractivity contribution is 5.88. The average molecular weight is 344 g/mol. The predicted octanol–water partition coefficient (Wildman–Crippen LogP) is 1.77. The van der Waals surface area contributed by atoms with Gasteiger partial charge in [0.25, 0.3) is 5.69 Å². The normalized spacial score (nSPS) is 16.3. The Balaban J connectivity index is 0.00000264. The first-order valence-electron chi connectivity index (χ1n) is 6.91. The summed E-state index contributed by atoms with van der Waals surface area (Å²) < 4.78 is 5.07.